The molecule has 6 nitrogen and oxygen atoms in total. The van der Waals surface area contributed by atoms with E-state index in [1.165, 1.54) is 0 Å². The van der Waals surface area contributed by atoms with Crippen LogP contribution in [0.5, 0.6) is 0 Å². The number of anilines is 1. The summed E-state index contributed by atoms with van der Waals surface area (Å²) < 4.78 is 8.89. The van der Waals surface area contributed by atoms with Crippen molar-refractivity contribution in [3.63, 3.8) is 0 Å². The van der Waals surface area contributed by atoms with Crippen molar-refractivity contribution in [1.29, 1.82) is 0 Å². The van der Waals surface area contributed by atoms with E-state index in [2.05, 4.69) is 10.1 Å². The molecule has 3 rings (SSSR count). The number of aryl methyl sites for hydroxylation is 2. The molecule has 6 heteroatoms. The average Bonchev–Trinajstić information content (AvgIpc) is 2.89. The molecule has 2 aromatic heterocycles. The molecule has 3 aromatic rings. The summed E-state index contributed by atoms with van der Waals surface area (Å²) in [6.45, 7) is 2.50. The average molecular weight is 271 g/mol. The summed E-state index contributed by atoms with van der Waals surface area (Å²) in [5.41, 5.74) is 10.7. The first-order valence-corrected chi connectivity index (χ1v) is 6.37. The molecule has 0 aliphatic rings. The Hall–Kier alpha value is -2.34. The number of rotatable bonds is 3. The molecule has 1 aromatic carbocycles. The topological polar surface area (TPSA) is 70.9 Å². The maximum absolute atomic E-state index is 6.07. The lowest BCUT2D eigenvalue weighted by atomic mass is 10.2. The molecular weight excluding hydrogens is 254 g/mol. The molecule has 0 spiro atoms. The van der Waals surface area contributed by atoms with Crippen molar-refractivity contribution in [2.24, 2.45) is 7.05 Å². The Labute approximate surface area is 116 Å². The molecular formula is C14H17N5O. The van der Waals surface area contributed by atoms with Gasteiger partial charge in [-0.3, -0.25) is 4.57 Å². The number of nitrogen functional groups attached to an aromatic ring is 1. The first-order chi connectivity index (χ1) is 9.61. The Bertz CT molecular complexity index is 771. The Balaban J connectivity index is 2.23. The number of nitrogens with zero attached hydrogens (tertiary/aromatic N) is 4. The monoisotopic (exact) mass is 271 g/mol. The molecule has 0 saturated carbocycles. The fourth-order valence-electron chi connectivity index (χ4n) is 2.50. The van der Waals surface area contributed by atoms with E-state index in [1.54, 1.807) is 11.8 Å². The highest BCUT2D eigenvalue weighted by molar-refractivity contribution is 5.80. The van der Waals surface area contributed by atoms with Crippen LogP contribution in [0.2, 0.25) is 0 Å². The van der Waals surface area contributed by atoms with Crippen molar-refractivity contribution in [2.45, 2.75) is 13.5 Å². The van der Waals surface area contributed by atoms with Gasteiger partial charge in [0.2, 0.25) is 5.95 Å². The van der Waals surface area contributed by atoms with E-state index in [0.29, 0.717) is 12.6 Å². The number of benzene rings is 1. The van der Waals surface area contributed by atoms with Crippen molar-refractivity contribution < 1.29 is 4.74 Å². The third-order valence-electron chi connectivity index (χ3n) is 3.31. The molecule has 0 saturated heterocycles. The van der Waals surface area contributed by atoms with Crippen LogP contribution < -0.4 is 5.73 Å². The third-order valence-corrected chi connectivity index (χ3v) is 3.31. The van der Waals surface area contributed by atoms with Crippen molar-refractivity contribution >= 4 is 17.1 Å². The minimum Gasteiger partial charge on any atom is -0.380 e. The Morgan fingerprint density at radius 1 is 1.35 bits per heavy atom. The van der Waals surface area contributed by atoms with Gasteiger partial charge in [0.15, 0.2) is 5.65 Å². The fraction of sp³-hybridized carbons (Fsp3) is 0.286. The van der Waals surface area contributed by atoms with Crippen LogP contribution in [0.3, 0.4) is 0 Å². The first-order valence-electron chi connectivity index (χ1n) is 6.37. The summed E-state index contributed by atoms with van der Waals surface area (Å²) >= 11 is 0. The van der Waals surface area contributed by atoms with Gasteiger partial charge >= 0.3 is 0 Å². The second kappa shape index (κ2) is 4.64. The van der Waals surface area contributed by atoms with Gasteiger partial charge < -0.3 is 10.5 Å². The van der Waals surface area contributed by atoms with Crippen LogP contribution in [0, 0.1) is 6.92 Å². The van der Waals surface area contributed by atoms with E-state index >= 15 is 0 Å². The Kier molecular flexibility index (Phi) is 2.94. The molecule has 2 heterocycles. The number of ether oxygens (including phenoxy) is 1. The van der Waals surface area contributed by atoms with Crippen LogP contribution in [-0.2, 0) is 18.4 Å². The molecule has 2 N–H and O–H groups in total. The van der Waals surface area contributed by atoms with Gasteiger partial charge in [0.25, 0.3) is 0 Å². The van der Waals surface area contributed by atoms with Gasteiger partial charge in [-0.25, -0.2) is 9.67 Å². The Morgan fingerprint density at radius 2 is 2.15 bits per heavy atom. The van der Waals surface area contributed by atoms with Crippen LogP contribution >= 0.6 is 0 Å². The minimum atomic E-state index is 0.464. The maximum Gasteiger partial charge on any atom is 0.207 e. The molecule has 104 valence electrons. The van der Waals surface area contributed by atoms with Crippen molar-refractivity contribution in [1.82, 2.24) is 19.3 Å². The highest BCUT2D eigenvalue weighted by Crippen LogP contribution is 2.25. The van der Waals surface area contributed by atoms with Crippen LogP contribution in [0.15, 0.2) is 24.3 Å². The number of methoxy groups -OCH3 is 1. The van der Waals surface area contributed by atoms with Gasteiger partial charge in [0.05, 0.1) is 18.0 Å². The molecule has 0 atom stereocenters. The van der Waals surface area contributed by atoms with Crippen molar-refractivity contribution in [3.05, 3.63) is 35.5 Å². The van der Waals surface area contributed by atoms with Gasteiger partial charge in [-0.2, -0.15) is 5.10 Å². The largest absolute Gasteiger partial charge is 0.380 e. The standard InChI is InChI=1S/C14H17N5O/c1-9-12-13(18(2)17-9)19(14(15)16-12)11-6-4-5-10(7-11)8-20-3/h4-7H,8H2,1-3H3,(H2,15,16). The normalized spacial score (nSPS) is 11.3. The molecule has 0 aliphatic heterocycles. The predicted molar refractivity (Wildman–Crippen MR) is 77.7 cm³/mol. The zero-order chi connectivity index (χ0) is 14.3. The van der Waals surface area contributed by atoms with Crippen molar-refractivity contribution in [3.8, 4) is 5.69 Å². The lowest BCUT2D eigenvalue weighted by molar-refractivity contribution is 0.185. The molecule has 20 heavy (non-hydrogen) atoms. The van der Waals surface area contributed by atoms with Crippen molar-refractivity contribution in [2.75, 3.05) is 12.8 Å². The number of imidazole rings is 1. The summed E-state index contributed by atoms with van der Waals surface area (Å²) in [7, 11) is 3.58. The minimum absolute atomic E-state index is 0.464. The van der Waals surface area contributed by atoms with Gasteiger partial charge in [-0.15, -0.1) is 0 Å². The van der Waals surface area contributed by atoms with E-state index in [1.807, 2.05) is 42.8 Å². The zero-order valence-electron chi connectivity index (χ0n) is 11.8. The molecule has 0 radical (unpaired) electrons. The summed E-state index contributed by atoms with van der Waals surface area (Å²) in [5.74, 6) is 0.464. The van der Waals surface area contributed by atoms with Gasteiger partial charge in [-0.1, -0.05) is 12.1 Å². The first kappa shape index (κ1) is 12.7. The van der Waals surface area contributed by atoms with E-state index in [0.717, 1.165) is 28.1 Å². The van der Waals surface area contributed by atoms with E-state index in [9.17, 15) is 0 Å². The highest BCUT2D eigenvalue weighted by atomic mass is 16.5. The zero-order valence-corrected chi connectivity index (χ0v) is 11.8. The lowest BCUT2D eigenvalue weighted by Crippen LogP contribution is -2.05. The summed E-state index contributed by atoms with van der Waals surface area (Å²) in [6.07, 6.45) is 0. The van der Waals surface area contributed by atoms with E-state index in [4.69, 9.17) is 10.5 Å². The summed E-state index contributed by atoms with van der Waals surface area (Å²) in [4.78, 5) is 4.41. The molecule has 0 bridgehead atoms. The number of aromatic nitrogens is 4. The van der Waals surface area contributed by atoms with Crippen LogP contribution in [0.1, 0.15) is 11.3 Å². The SMILES string of the molecule is COCc1cccc(-n2c(N)nc3c(C)nn(C)c32)c1. The summed E-state index contributed by atoms with van der Waals surface area (Å²) in [6, 6.07) is 8.05. The third kappa shape index (κ3) is 1.85. The number of hydrogen-bond acceptors (Lipinski definition) is 4. The Morgan fingerprint density at radius 3 is 2.90 bits per heavy atom. The number of fused-ring (bicyclic) bond motifs is 1. The van der Waals surface area contributed by atoms with Gasteiger partial charge in [0.1, 0.15) is 5.52 Å². The van der Waals surface area contributed by atoms with E-state index < -0.39 is 0 Å². The van der Waals surface area contributed by atoms with E-state index in [-0.39, 0.29) is 0 Å². The van der Waals surface area contributed by atoms with Crippen LogP contribution in [0.4, 0.5) is 5.95 Å². The predicted octanol–water partition coefficient (Wildman–Crippen LogP) is 1.80. The molecule has 0 unspecified atom stereocenters. The van der Waals surface area contributed by atoms with Crippen LogP contribution in [-0.4, -0.2) is 26.4 Å². The molecule has 0 aliphatic carbocycles. The second-order valence-corrected chi connectivity index (χ2v) is 4.79. The number of hydrogen-bond donors (Lipinski definition) is 1. The highest BCUT2D eigenvalue weighted by Gasteiger charge is 2.16. The maximum atomic E-state index is 6.07. The number of nitrogens with two attached hydrogens (primary N) is 1. The second-order valence-electron chi connectivity index (χ2n) is 4.79. The smallest absolute Gasteiger partial charge is 0.207 e. The van der Waals surface area contributed by atoms with Gasteiger partial charge in [-0.05, 0) is 24.6 Å². The molecule has 0 fully saturated rings. The fourth-order valence-corrected chi connectivity index (χ4v) is 2.50. The molecule has 0 amide bonds. The van der Waals surface area contributed by atoms with Crippen LogP contribution in [0.25, 0.3) is 16.9 Å². The van der Waals surface area contributed by atoms with Gasteiger partial charge in [0, 0.05) is 14.2 Å². The quantitative estimate of drug-likeness (QED) is 0.788. The summed E-state index contributed by atoms with van der Waals surface area (Å²) in [5, 5.41) is 4.39. The lowest BCUT2D eigenvalue weighted by Gasteiger charge is -2.08.